The van der Waals surface area contributed by atoms with Gasteiger partial charge >= 0.3 is 0 Å². The van der Waals surface area contributed by atoms with Crippen LogP contribution in [0.3, 0.4) is 0 Å². The zero-order valence-corrected chi connectivity index (χ0v) is 16.2. The molecule has 0 spiro atoms. The highest BCUT2D eigenvalue weighted by atomic mass is 15.1. The van der Waals surface area contributed by atoms with Gasteiger partial charge in [-0.3, -0.25) is 0 Å². The van der Waals surface area contributed by atoms with Crippen LogP contribution in [0.1, 0.15) is 37.6 Å². The molecule has 0 atom stereocenters. The Hall–Kier alpha value is -2.64. The van der Waals surface area contributed by atoms with Gasteiger partial charge in [0, 0.05) is 25.6 Å². The summed E-state index contributed by atoms with van der Waals surface area (Å²) >= 11 is 0. The summed E-state index contributed by atoms with van der Waals surface area (Å²) < 4.78 is 2.34. The number of hydrogen-bond donors (Lipinski definition) is 0. The summed E-state index contributed by atoms with van der Waals surface area (Å²) in [5.41, 5.74) is 5.25. The molecule has 1 aromatic heterocycles. The molecule has 2 aromatic carbocycles. The van der Waals surface area contributed by atoms with Crippen molar-refractivity contribution in [3.05, 3.63) is 53.9 Å². The van der Waals surface area contributed by atoms with Crippen molar-refractivity contribution < 1.29 is 0 Å². The van der Waals surface area contributed by atoms with Gasteiger partial charge in [-0.25, -0.2) is 4.98 Å². The third-order valence-corrected chi connectivity index (χ3v) is 5.88. The molecule has 4 rings (SSSR count). The Morgan fingerprint density at radius 1 is 1.15 bits per heavy atom. The number of benzene rings is 2. The van der Waals surface area contributed by atoms with Gasteiger partial charge in [-0.05, 0) is 62.2 Å². The van der Waals surface area contributed by atoms with Crippen LogP contribution in [0.2, 0.25) is 0 Å². The topological polar surface area (TPSA) is 44.9 Å². The van der Waals surface area contributed by atoms with Crippen LogP contribution in [0.15, 0.2) is 42.5 Å². The second-order valence-corrected chi connectivity index (χ2v) is 7.48. The summed E-state index contributed by atoms with van der Waals surface area (Å²) in [5.74, 6) is 1.18. The Labute approximate surface area is 161 Å². The highest BCUT2D eigenvalue weighted by Gasteiger charge is 2.22. The number of likely N-dealkylation sites (N-methyl/N-ethyl adjacent to an activating group) is 1. The first-order chi connectivity index (χ1) is 13.2. The van der Waals surface area contributed by atoms with E-state index in [0.717, 1.165) is 36.6 Å². The summed E-state index contributed by atoms with van der Waals surface area (Å²) in [6.07, 6.45) is 5.05. The Morgan fingerprint density at radius 2 is 1.89 bits per heavy atom. The first-order valence-electron chi connectivity index (χ1n) is 9.89. The quantitative estimate of drug-likeness (QED) is 0.646. The molecule has 0 amide bonds. The molecule has 0 radical (unpaired) electrons. The summed E-state index contributed by atoms with van der Waals surface area (Å²) in [6, 6.07) is 17.2. The minimum atomic E-state index is 0.691. The Balaban J connectivity index is 1.61. The number of nitrogens with zero attached hydrogens (tertiary/aromatic N) is 4. The molecule has 1 fully saturated rings. The third kappa shape index (κ3) is 3.48. The van der Waals surface area contributed by atoms with E-state index in [-0.39, 0.29) is 0 Å². The highest BCUT2D eigenvalue weighted by molar-refractivity contribution is 5.82. The maximum atomic E-state index is 8.99. The largest absolute Gasteiger partial charge is 0.328 e. The van der Waals surface area contributed by atoms with Crippen molar-refractivity contribution in [2.24, 2.45) is 0 Å². The van der Waals surface area contributed by atoms with E-state index in [1.807, 2.05) is 24.3 Å². The maximum Gasteiger partial charge on any atom is 0.111 e. The number of fused-ring (bicyclic) bond motifs is 1. The molecular formula is C23H26N4. The van der Waals surface area contributed by atoms with Gasteiger partial charge in [-0.15, -0.1) is 0 Å². The van der Waals surface area contributed by atoms with Gasteiger partial charge in [-0.2, -0.15) is 5.26 Å². The van der Waals surface area contributed by atoms with Crippen LogP contribution in [-0.4, -0.2) is 34.1 Å². The van der Waals surface area contributed by atoms with Crippen molar-refractivity contribution in [3.63, 3.8) is 0 Å². The molecule has 0 bridgehead atoms. The summed E-state index contributed by atoms with van der Waals surface area (Å²) in [4.78, 5) is 7.41. The number of aryl methyl sites for hydroxylation is 1. The molecule has 1 heterocycles. The lowest BCUT2D eigenvalue weighted by atomic mass is 9.92. The van der Waals surface area contributed by atoms with E-state index < -0.39 is 0 Å². The van der Waals surface area contributed by atoms with Gasteiger partial charge in [0.2, 0.25) is 0 Å². The van der Waals surface area contributed by atoms with E-state index in [9.17, 15) is 0 Å². The fraction of sp³-hybridized carbons (Fsp3) is 0.391. The van der Waals surface area contributed by atoms with Gasteiger partial charge in [0.15, 0.2) is 0 Å². The molecular weight excluding hydrogens is 332 g/mol. The molecule has 0 saturated heterocycles. The molecule has 1 saturated carbocycles. The van der Waals surface area contributed by atoms with Crippen LogP contribution < -0.4 is 0 Å². The second kappa shape index (κ2) is 7.54. The van der Waals surface area contributed by atoms with Gasteiger partial charge < -0.3 is 9.47 Å². The Morgan fingerprint density at radius 3 is 2.52 bits per heavy atom. The predicted molar refractivity (Wildman–Crippen MR) is 110 cm³/mol. The molecule has 27 heavy (non-hydrogen) atoms. The van der Waals surface area contributed by atoms with Gasteiger partial charge in [-0.1, -0.05) is 24.6 Å². The van der Waals surface area contributed by atoms with E-state index in [1.54, 1.807) is 0 Å². The molecule has 3 aromatic rings. The Kier molecular flexibility index (Phi) is 4.96. The Bertz CT molecular complexity index is 974. The molecule has 4 nitrogen and oxygen atoms in total. The summed E-state index contributed by atoms with van der Waals surface area (Å²) in [7, 11) is 2.24. The minimum Gasteiger partial charge on any atom is -0.328 e. The number of hydrogen-bond acceptors (Lipinski definition) is 3. The van der Waals surface area contributed by atoms with E-state index in [2.05, 4.69) is 47.7 Å². The van der Waals surface area contributed by atoms with Crippen molar-refractivity contribution in [1.82, 2.24) is 14.5 Å². The zero-order valence-electron chi connectivity index (χ0n) is 16.2. The monoisotopic (exact) mass is 358 g/mol. The molecule has 0 aliphatic heterocycles. The van der Waals surface area contributed by atoms with E-state index in [4.69, 9.17) is 10.2 Å². The van der Waals surface area contributed by atoms with Crippen molar-refractivity contribution in [3.8, 4) is 17.2 Å². The van der Waals surface area contributed by atoms with Crippen molar-refractivity contribution in [2.45, 2.75) is 45.2 Å². The lowest BCUT2D eigenvalue weighted by Crippen LogP contribution is -2.38. The van der Waals surface area contributed by atoms with E-state index in [0.29, 0.717) is 5.56 Å². The molecule has 0 unspecified atom stereocenters. The van der Waals surface area contributed by atoms with Crippen LogP contribution in [0.25, 0.3) is 22.2 Å². The average molecular weight is 358 g/mol. The summed E-state index contributed by atoms with van der Waals surface area (Å²) in [5, 5.41) is 8.99. The van der Waals surface area contributed by atoms with Crippen LogP contribution in [0, 0.1) is 11.3 Å². The number of rotatable bonds is 6. The first-order valence-corrected chi connectivity index (χ1v) is 9.89. The molecule has 1 aliphatic carbocycles. The van der Waals surface area contributed by atoms with Crippen LogP contribution in [0.4, 0.5) is 0 Å². The number of aromatic nitrogens is 2. The number of imidazole rings is 1. The fourth-order valence-corrected chi connectivity index (χ4v) is 3.92. The standard InChI is InChI=1S/C23H26N4/c1-3-27-22-15-19(18-9-7-17(16-24)8-10-18)11-12-21(22)25-23(27)13-14-26(2)20-5-4-6-20/h7-12,15,20H,3-6,13-14H2,1-2H3. The molecule has 0 N–H and O–H groups in total. The third-order valence-electron chi connectivity index (χ3n) is 5.88. The molecule has 138 valence electrons. The highest BCUT2D eigenvalue weighted by Crippen LogP contribution is 2.27. The van der Waals surface area contributed by atoms with Crippen molar-refractivity contribution in [2.75, 3.05) is 13.6 Å². The average Bonchev–Trinajstić information content (AvgIpc) is 3.01. The number of nitriles is 1. The minimum absolute atomic E-state index is 0.691. The maximum absolute atomic E-state index is 8.99. The van der Waals surface area contributed by atoms with Crippen LogP contribution in [-0.2, 0) is 13.0 Å². The van der Waals surface area contributed by atoms with Gasteiger partial charge in [0.05, 0.1) is 22.7 Å². The van der Waals surface area contributed by atoms with Crippen molar-refractivity contribution in [1.29, 1.82) is 5.26 Å². The molecule has 4 heteroatoms. The normalized spacial score (nSPS) is 14.4. The van der Waals surface area contributed by atoms with Crippen molar-refractivity contribution >= 4 is 11.0 Å². The van der Waals surface area contributed by atoms with Crippen LogP contribution >= 0.6 is 0 Å². The fourth-order valence-electron chi connectivity index (χ4n) is 3.92. The molecule has 1 aliphatic rings. The smallest absolute Gasteiger partial charge is 0.111 e. The van der Waals surface area contributed by atoms with Crippen LogP contribution in [0.5, 0.6) is 0 Å². The summed E-state index contributed by atoms with van der Waals surface area (Å²) in [6.45, 7) is 4.18. The van der Waals surface area contributed by atoms with Gasteiger partial charge in [0.25, 0.3) is 0 Å². The zero-order chi connectivity index (χ0) is 18.8. The SMILES string of the molecule is CCn1c(CCN(C)C2CCC2)nc2ccc(-c3ccc(C#N)cc3)cc21. The second-order valence-electron chi connectivity index (χ2n) is 7.48. The lowest BCUT2D eigenvalue weighted by Gasteiger charge is -2.34. The van der Waals surface area contributed by atoms with Gasteiger partial charge in [0.1, 0.15) is 5.82 Å². The van der Waals surface area contributed by atoms with E-state index in [1.165, 1.54) is 36.2 Å². The van der Waals surface area contributed by atoms with E-state index >= 15 is 0 Å². The predicted octanol–water partition coefficient (Wildman–Crippen LogP) is 4.62. The lowest BCUT2D eigenvalue weighted by molar-refractivity contribution is 0.160. The first kappa shape index (κ1) is 17.8.